The SMILES string of the molecule is CC(C)(C)NS(=O)(=O)c1ccc(-c2ccc(F)c(O)c2)cc1. The Labute approximate surface area is 129 Å². The molecule has 6 heteroatoms. The molecule has 2 aromatic rings. The van der Waals surface area contributed by atoms with Crippen molar-refractivity contribution in [2.45, 2.75) is 31.2 Å². The second-order valence-electron chi connectivity index (χ2n) is 6.05. The Morgan fingerprint density at radius 1 is 1.00 bits per heavy atom. The molecule has 0 fully saturated rings. The third kappa shape index (κ3) is 3.84. The van der Waals surface area contributed by atoms with Gasteiger partial charge in [0.05, 0.1) is 4.90 Å². The van der Waals surface area contributed by atoms with E-state index in [4.69, 9.17) is 0 Å². The molecule has 0 unspecified atom stereocenters. The van der Waals surface area contributed by atoms with Crippen molar-refractivity contribution in [3.63, 3.8) is 0 Å². The molecule has 0 atom stereocenters. The average Bonchev–Trinajstić information content (AvgIpc) is 2.39. The predicted octanol–water partition coefficient (Wildman–Crippen LogP) is 3.28. The molecule has 0 saturated heterocycles. The molecule has 22 heavy (non-hydrogen) atoms. The first kappa shape index (κ1) is 16.5. The van der Waals surface area contributed by atoms with Crippen LogP contribution < -0.4 is 4.72 Å². The normalized spacial score (nSPS) is 12.4. The Hall–Kier alpha value is -1.92. The topological polar surface area (TPSA) is 66.4 Å². The maximum absolute atomic E-state index is 13.1. The van der Waals surface area contributed by atoms with Gasteiger partial charge in [0.2, 0.25) is 10.0 Å². The lowest BCUT2D eigenvalue weighted by molar-refractivity contribution is 0.433. The summed E-state index contributed by atoms with van der Waals surface area (Å²) in [6, 6.07) is 10.2. The maximum Gasteiger partial charge on any atom is 0.241 e. The van der Waals surface area contributed by atoms with E-state index in [1.54, 1.807) is 32.9 Å². The summed E-state index contributed by atoms with van der Waals surface area (Å²) in [5.74, 6) is -1.14. The lowest BCUT2D eigenvalue weighted by Gasteiger charge is -2.20. The second-order valence-corrected chi connectivity index (χ2v) is 7.73. The quantitative estimate of drug-likeness (QED) is 0.911. The highest BCUT2D eigenvalue weighted by Gasteiger charge is 2.21. The van der Waals surface area contributed by atoms with Gasteiger partial charge in [0.25, 0.3) is 0 Å². The van der Waals surface area contributed by atoms with Crippen LogP contribution in [0.3, 0.4) is 0 Å². The first-order valence-electron chi connectivity index (χ1n) is 6.71. The second kappa shape index (κ2) is 5.70. The van der Waals surface area contributed by atoms with Crippen LogP contribution in [0.1, 0.15) is 20.8 Å². The van der Waals surface area contributed by atoms with E-state index in [2.05, 4.69) is 4.72 Å². The van der Waals surface area contributed by atoms with Crippen molar-refractivity contribution in [2.75, 3.05) is 0 Å². The first-order chi connectivity index (χ1) is 10.1. The van der Waals surface area contributed by atoms with Gasteiger partial charge in [0, 0.05) is 5.54 Å². The summed E-state index contributed by atoms with van der Waals surface area (Å²) in [6.07, 6.45) is 0. The zero-order valence-electron chi connectivity index (χ0n) is 12.6. The predicted molar refractivity (Wildman–Crippen MR) is 83.6 cm³/mol. The smallest absolute Gasteiger partial charge is 0.241 e. The Kier molecular flexibility index (Phi) is 4.26. The molecule has 0 bridgehead atoms. The highest BCUT2D eigenvalue weighted by molar-refractivity contribution is 7.89. The fourth-order valence-electron chi connectivity index (χ4n) is 1.98. The van der Waals surface area contributed by atoms with E-state index < -0.39 is 27.1 Å². The highest BCUT2D eigenvalue weighted by Crippen LogP contribution is 2.26. The van der Waals surface area contributed by atoms with Gasteiger partial charge in [-0.2, -0.15) is 0 Å². The molecule has 0 heterocycles. The summed E-state index contributed by atoms with van der Waals surface area (Å²) in [5, 5.41) is 9.39. The van der Waals surface area contributed by atoms with Crippen LogP contribution in [0.5, 0.6) is 5.75 Å². The molecule has 0 spiro atoms. The van der Waals surface area contributed by atoms with E-state index in [1.807, 2.05) is 0 Å². The lowest BCUT2D eigenvalue weighted by atomic mass is 10.1. The third-order valence-electron chi connectivity index (χ3n) is 2.88. The summed E-state index contributed by atoms with van der Waals surface area (Å²) in [7, 11) is -3.59. The Morgan fingerprint density at radius 2 is 1.55 bits per heavy atom. The van der Waals surface area contributed by atoms with Crippen molar-refractivity contribution >= 4 is 10.0 Å². The molecule has 0 aliphatic heterocycles. The summed E-state index contributed by atoms with van der Waals surface area (Å²) in [4.78, 5) is 0.150. The van der Waals surface area contributed by atoms with Crippen LogP contribution in [0.4, 0.5) is 4.39 Å². The standard InChI is InChI=1S/C16H18FNO3S/c1-16(2,3)18-22(20,21)13-7-4-11(5-8-13)12-6-9-14(17)15(19)10-12/h4-10,18-19H,1-3H3. The summed E-state index contributed by atoms with van der Waals surface area (Å²) in [6.45, 7) is 5.29. The third-order valence-corrected chi connectivity index (χ3v) is 4.66. The number of benzene rings is 2. The molecule has 118 valence electrons. The largest absolute Gasteiger partial charge is 0.505 e. The van der Waals surface area contributed by atoms with Crippen LogP contribution in [0.25, 0.3) is 11.1 Å². The molecular formula is C16H18FNO3S. The van der Waals surface area contributed by atoms with Gasteiger partial charge in [-0.15, -0.1) is 0 Å². The fourth-order valence-corrected chi connectivity index (χ4v) is 3.40. The molecule has 0 saturated carbocycles. The van der Waals surface area contributed by atoms with Crippen LogP contribution in [0.2, 0.25) is 0 Å². The van der Waals surface area contributed by atoms with E-state index in [0.717, 1.165) is 6.07 Å². The number of hydrogen-bond donors (Lipinski definition) is 2. The zero-order valence-corrected chi connectivity index (χ0v) is 13.4. The van der Waals surface area contributed by atoms with E-state index in [-0.39, 0.29) is 4.90 Å². The summed E-state index contributed by atoms with van der Waals surface area (Å²) >= 11 is 0. The van der Waals surface area contributed by atoms with Crippen LogP contribution in [0, 0.1) is 5.82 Å². The Bertz CT molecular complexity index is 778. The number of phenolic OH excluding ortho intramolecular Hbond substituents is 1. The van der Waals surface area contributed by atoms with Crippen molar-refractivity contribution in [3.05, 3.63) is 48.3 Å². The molecule has 0 aliphatic rings. The molecule has 0 aliphatic carbocycles. The van der Waals surface area contributed by atoms with Crippen LogP contribution in [-0.4, -0.2) is 19.1 Å². The number of nitrogens with one attached hydrogen (secondary N) is 1. The van der Waals surface area contributed by atoms with Crippen molar-refractivity contribution in [3.8, 4) is 16.9 Å². The number of hydrogen-bond acceptors (Lipinski definition) is 3. The van der Waals surface area contributed by atoms with Gasteiger partial charge >= 0.3 is 0 Å². The van der Waals surface area contributed by atoms with Crippen molar-refractivity contribution in [1.82, 2.24) is 4.72 Å². The number of halogens is 1. The molecule has 2 rings (SSSR count). The number of rotatable bonds is 3. The van der Waals surface area contributed by atoms with E-state index >= 15 is 0 Å². The van der Waals surface area contributed by atoms with Gasteiger partial charge in [0.1, 0.15) is 0 Å². The Balaban J connectivity index is 2.32. The van der Waals surface area contributed by atoms with Gasteiger partial charge < -0.3 is 5.11 Å². The molecule has 0 aromatic heterocycles. The van der Waals surface area contributed by atoms with Gasteiger partial charge in [-0.25, -0.2) is 17.5 Å². The maximum atomic E-state index is 13.1. The minimum Gasteiger partial charge on any atom is -0.505 e. The fraction of sp³-hybridized carbons (Fsp3) is 0.250. The zero-order chi connectivity index (χ0) is 16.5. The van der Waals surface area contributed by atoms with E-state index in [1.165, 1.54) is 24.3 Å². The summed E-state index contributed by atoms with van der Waals surface area (Å²) < 4.78 is 40.0. The number of sulfonamides is 1. The molecular weight excluding hydrogens is 305 g/mol. The Morgan fingerprint density at radius 3 is 2.05 bits per heavy atom. The minimum atomic E-state index is -3.59. The van der Waals surface area contributed by atoms with E-state index in [9.17, 15) is 17.9 Å². The van der Waals surface area contributed by atoms with Gasteiger partial charge in [0.15, 0.2) is 11.6 Å². The molecule has 2 aromatic carbocycles. The van der Waals surface area contributed by atoms with Crippen LogP contribution >= 0.6 is 0 Å². The van der Waals surface area contributed by atoms with E-state index in [0.29, 0.717) is 11.1 Å². The molecule has 0 amide bonds. The molecule has 4 nitrogen and oxygen atoms in total. The minimum absolute atomic E-state index is 0.150. The van der Waals surface area contributed by atoms with Gasteiger partial charge in [-0.3, -0.25) is 0 Å². The van der Waals surface area contributed by atoms with Crippen molar-refractivity contribution in [2.24, 2.45) is 0 Å². The lowest BCUT2D eigenvalue weighted by Crippen LogP contribution is -2.40. The van der Waals surface area contributed by atoms with Crippen LogP contribution in [0.15, 0.2) is 47.4 Å². The van der Waals surface area contributed by atoms with Gasteiger partial charge in [-0.05, 0) is 56.2 Å². The highest BCUT2D eigenvalue weighted by atomic mass is 32.2. The van der Waals surface area contributed by atoms with Crippen molar-refractivity contribution < 1.29 is 17.9 Å². The van der Waals surface area contributed by atoms with Gasteiger partial charge in [-0.1, -0.05) is 18.2 Å². The summed E-state index contributed by atoms with van der Waals surface area (Å²) in [5.41, 5.74) is 0.719. The average molecular weight is 323 g/mol. The first-order valence-corrected chi connectivity index (χ1v) is 8.20. The number of phenols is 1. The van der Waals surface area contributed by atoms with Crippen molar-refractivity contribution in [1.29, 1.82) is 0 Å². The monoisotopic (exact) mass is 323 g/mol. The number of aromatic hydroxyl groups is 1. The van der Waals surface area contributed by atoms with Crippen LogP contribution in [-0.2, 0) is 10.0 Å². The molecule has 0 radical (unpaired) electrons. The molecule has 2 N–H and O–H groups in total.